The number of nitrogens with zero attached hydrogens (tertiary/aromatic N) is 1. The molecule has 2 atom stereocenters. The number of fused-ring (bicyclic) bond motifs is 1. The maximum absolute atomic E-state index is 12.9. The largest absolute Gasteiger partial charge is 0.455 e. The molecule has 1 saturated carbocycles. The summed E-state index contributed by atoms with van der Waals surface area (Å²) in [4.78, 5) is 26.3. The lowest BCUT2D eigenvalue weighted by Crippen LogP contribution is -2.41. The smallest absolute Gasteiger partial charge is 0.231 e. The van der Waals surface area contributed by atoms with Gasteiger partial charge in [-0.2, -0.15) is 0 Å². The van der Waals surface area contributed by atoms with E-state index in [2.05, 4.69) is 5.32 Å². The number of hydrogen-bond acceptors (Lipinski definition) is 3. The summed E-state index contributed by atoms with van der Waals surface area (Å²) in [7, 11) is 0. The zero-order chi connectivity index (χ0) is 18.1. The lowest BCUT2D eigenvalue weighted by atomic mass is 9.94. The predicted molar refractivity (Wildman–Crippen MR) is 99.0 cm³/mol. The number of nitrogens with one attached hydrogen (secondary N) is 1. The molecule has 0 unspecified atom stereocenters. The summed E-state index contributed by atoms with van der Waals surface area (Å²) >= 11 is 0. The van der Waals surface area contributed by atoms with Crippen LogP contribution in [0.2, 0.25) is 0 Å². The van der Waals surface area contributed by atoms with Gasteiger partial charge in [0.15, 0.2) is 5.75 Å². The maximum atomic E-state index is 12.9. The molecule has 2 aromatic rings. The van der Waals surface area contributed by atoms with Gasteiger partial charge in [0, 0.05) is 20.0 Å². The van der Waals surface area contributed by atoms with Crippen molar-refractivity contribution >= 4 is 17.5 Å². The third-order valence-electron chi connectivity index (χ3n) is 5.50. The standard InChI is InChI=1S/C21H22N2O3/c1-15(24)23-12-11-21(13-16(21)14-23)20(25)22-18-9-5-6-10-19(18)26-17-7-3-2-4-8-17/h2-10,16H,11-14H2,1H3,(H,22,25)/t16-,21-/m1/s1. The second-order valence-electron chi connectivity index (χ2n) is 7.14. The zero-order valence-corrected chi connectivity index (χ0v) is 14.8. The second kappa shape index (κ2) is 6.48. The zero-order valence-electron chi connectivity index (χ0n) is 14.8. The summed E-state index contributed by atoms with van der Waals surface area (Å²) in [5, 5.41) is 3.06. The molecule has 1 aliphatic heterocycles. The van der Waals surface area contributed by atoms with Gasteiger partial charge >= 0.3 is 0 Å². The van der Waals surface area contributed by atoms with E-state index in [1.165, 1.54) is 0 Å². The van der Waals surface area contributed by atoms with Crippen LogP contribution in [0.5, 0.6) is 11.5 Å². The molecule has 0 aromatic heterocycles. The highest BCUT2D eigenvalue weighted by Gasteiger charge is 2.62. The number of amides is 2. The van der Waals surface area contributed by atoms with Crippen LogP contribution in [0.25, 0.3) is 0 Å². The van der Waals surface area contributed by atoms with Crippen LogP contribution < -0.4 is 10.1 Å². The van der Waals surface area contributed by atoms with Crippen molar-refractivity contribution in [1.82, 2.24) is 4.90 Å². The van der Waals surface area contributed by atoms with Crippen LogP contribution in [0.15, 0.2) is 54.6 Å². The van der Waals surface area contributed by atoms with Crippen LogP contribution in [0.4, 0.5) is 5.69 Å². The Hall–Kier alpha value is -2.82. The van der Waals surface area contributed by atoms with Crippen LogP contribution in [0, 0.1) is 11.3 Å². The van der Waals surface area contributed by atoms with Crippen molar-refractivity contribution in [3.05, 3.63) is 54.6 Å². The normalized spacial score (nSPS) is 23.7. The molecule has 2 fully saturated rings. The highest BCUT2D eigenvalue weighted by molar-refractivity contribution is 5.99. The highest BCUT2D eigenvalue weighted by atomic mass is 16.5. The van der Waals surface area contributed by atoms with Crippen molar-refractivity contribution in [2.75, 3.05) is 18.4 Å². The Morgan fingerprint density at radius 2 is 1.85 bits per heavy atom. The minimum absolute atomic E-state index is 0.0369. The summed E-state index contributed by atoms with van der Waals surface area (Å²) in [5.74, 6) is 1.75. The molecular weight excluding hydrogens is 328 g/mol. The Morgan fingerprint density at radius 1 is 1.12 bits per heavy atom. The molecule has 1 heterocycles. The van der Waals surface area contributed by atoms with E-state index >= 15 is 0 Å². The summed E-state index contributed by atoms with van der Waals surface area (Å²) in [6.45, 7) is 2.93. The lowest BCUT2D eigenvalue weighted by molar-refractivity contribution is -0.132. The minimum atomic E-state index is -0.328. The van der Waals surface area contributed by atoms with Crippen molar-refractivity contribution in [2.24, 2.45) is 11.3 Å². The monoisotopic (exact) mass is 350 g/mol. The third-order valence-corrected chi connectivity index (χ3v) is 5.50. The lowest BCUT2D eigenvalue weighted by Gasteiger charge is -2.30. The number of carbonyl (C=O) groups excluding carboxylic acids is 2. The van der Waals surface area contributed by atoms with E-state index in [1.807, 2.05) is 59.5 Å². The van der Waals surface area contributed by atoms with Crippen molar-refractivity contribution < 1.29 is 14.3 Å². The highest BCUT2D eigenvalue weighted by Crippen LogP contribution is 2.58. The number of para-hydroxylation sites is 3. The number of hydrogen-bond donors (Lipinski definition) is 1. The molecule has 5 heteroatoms. The predicted octanol–water partition coefficient (Wildman–Crippen LogP) is 3.68. The molecule has 1 saturated heterocycles. The molecule has 2 aliphatic rings. The second-order valence-corrected chi connectivity index (χ2v) is 7.14. The molecular formula is C21H22N2O3. The first-order chi connectivity index (χ1) is 12.6. The van der Waals surface area contributed by atoms with E-state index in [0.29, 0.717) is 24.5 Å². The Balaban J connectivity index is 1.47. The van der Waals surface area contributed by atoms with Gasteiger partial charge in [-0.25, -0.2) is 0 Å². The molecule has 2 amide bonds. The van der Waals surface area contributed by atoms with Crippen molar-refractivity contribution in [3.63, 3.8) is 0 Å². The quantitative estimate of drug-likeness (QED) is 0.915. The fraction of sp³-hybridized carbons (Fsp3) is 0.333. The first kappa shape index (κ1) is 16.6. The van der Waals surface area contributed by atoms with E-state index < -0.39 is 0 Å². The van der Waals surface area contributed by atoms with E-state index in [4.69, 9.17) is 4.74 Å². The van der Waals surface area contributed by atoms with Gasteiger partial charge in [0.2, 0.25) is 11.8 Å². The summed E-state index contributed by atoms with van der Waals surface area (Å²) in [5.41, 5.74) is 0.349. The van der Waals surface area contributed by atoms with Crippen LogP contribution in [-0.2, 0) is 9.59 Å². The van der Waals surface area contributed by atoms with Crippen molar-refractivity contribution in [3.8, 4) is 11.5 Å². The molecule has 1 N–H and O–H groups in total. The number of ether oxygens (including phenoxy) is 1. The van der Waals surface area contributed by atoms with E-state index in [1.54, 1.807) is 6.92 Å². The van der Waals surface area contributed by atoms with Gasteiger partial charge in [0.05, 0.1) is 11.1 Å². The van der Waals surface area contributed by atoms with Gasteiger partial charge in [-0.15, -0.1) is 0 Å². The van der Waals surface area contributed by atoms with E-state index in [0.717, 1.165) is 18.6 Å². The van der Waals surface area contributed by atoms with Crippen LogP contribution in [0.3, 0.4) is 0 Å². The number of carbonyl (C=O) groups is 2. The van der Waals surface area contributed by atoms with E-state index in [9.17, 15) is 9.59 Å². The van der Waals surface area contributed by atoms with Crippen LogP contribution >= 0.6 is 0 Å². The molecule has 1 aliphatic carbocycles. The van der Waals surface area contributed by atoms with E-state index in [-0.39, 0.29) is 23.1 Å². The molecule has 26 heavy (non-hydrogen) atoms. The Morgan fingerprint density at radius 3 is 2.58 bits per heavy atom. The maximum Gasteiger partial charge on any atom is 0.231 e. The molecule has 2 aromatic carbocycles. The Bertz CT molecular complexity index is 836. The number of benzene rings is 2. The third kappa shape index (κ3) is 3.05. The van der Waals surface area contributed by atoms with Crippen LogP contribution in [0.1, 0.15) is 19.8 Å². The fourth-order valence-electron chi connectivity index (χ4n) is 3.82. The minimum Gasteiger partial charge on any atom is -0.455 e. The Labute approximate surface area is 153 Å². The molecule has 0 bridgehead atoms. The first-order valence-electron chi connectivity index (χ1n) is 8.97. The average Bonchev–Trinajstić information content (AvgIpc) is 3.39. The van der Waals surface area contributed by atoms with Gasteiger partial charge in [0.1, 0.15) is 5.75 Å². The first-order valence-corrected chi connectivity index (χ1v) is 8.97. The van der Waals surface area contributed by atoms with Gasteiger partial charge < -0.3 is 15.0 Å². The van der Waals surface area contributed by atoms with Crippen molar-refractivity contribution in [2.45, 2.75) is 19.8 Å². The summed E-state index contributed by atoms with van der Waals surface area (Å²) in [6, 6.07) is 17.0. The van der Waals surface area contributed by atoms with Gasteiger partial charge in [0.25, 0.3) is 0 Å². The summed E-state index contributed by atoms with van der Waals surface area (Å²) < 4.78 is 5.93. The SMILES string of the molecule is CC(=O)N1CC[C@@]2(C(=O)Nc3ccccc3Oc3ccccc3)C[C@@H]2C1. The van der Waals surface area contributed by atoms with Gasteiger partial charge in [-0.3, -0.25) is 9.59 Å². The van der Waals surface area contributed by atoms with Gasteiger partial charge in [-0.1, -0.05) is 30.3 Å². The molecule has 0 spiro atoms. The average molecular weight is 350 g/mol. The summed E-state index contributed by atoms with van der Waals surface area (Å²) in [6.07, 6.45) is 1.58. The molecule has 5 nitrogen and oxygen atoms in total. The fourth-order valence-corrected chi connectivity index (χ4v) is 3.82. The number of piperidine rings is 1. The molecule has 0 radical (unpaired) electrons. The van der Waals surface area contributed by atoms with Crippen molar-refractivity contribution in [1.29, 1.82) is 0 Å². The topological polar surface area (TPSA) is 58.6 Å². The number of likely N-dealkylation sites (tertiary alicyclic amines) is 1. The number of rotatable bonds is 4. The molecule has 134 valence electrons. The van der Waals surface area contributed by atoms with Crippen LogP contribution in [-0.4, -0.2) is 29.8 Å². The van der Waals surface area contributed by atoms with Gasteiger partial charge in [-0.05, 0) is 43.0 Å². The molecule has 4 rings (SSSR count). The number of anilines is 1. The Kier molecular flexibility index (Phi) is 4.15.